The Balaban J connectivity index is 1.95. The molecular formula is C21H23N5O9S. The van der Waals surface area contributed by atoms with Crippen LogP contribution in [0.4, 0.5) is 11.6 Å². The molecule has 0 aliphatic carbocycles. The highest BCUT2D eigenvalue weighted by Crippen LogP contribution is 2.47. The Labute approximate surface area is 207 Å². The number of anilines is 1. The highest BCUT2D eigenvalue weighted by atomic mass is 32.2. The first-order valence-corrected chi connectivity index (χ1v) is 11.9. The van der Waals surface area contributed by atoms with Crippen molar-refractivity contribution in [1.82, 2.24) is 14.5 Å². The first-order valence-electron chi connectivity index (χ1n) is 10.7. The maximum Gasteiger partial charge on any atom is 0.337 e. The standard InChI is InChI=1S/C21H23N5O9S/c1-8(27)32-7-12-14(33-9(2)28)21(4,35-10(3)29)19(34-12)26-6-11-13-15(23-18(31)17(30)22-11)24-20(36-5)25-16(13)26/h6,12,14,19H,7H2,1-5H3,(H,22,30)(H,23,24,25,31)/t12-,14-,19?,21-/m1/s1. The van der Waals surface area contributed by atoms with Gasteiger partial charge in [0.05, 0.1) is 10.9 Å². The molecule has 36 heavy (non-hydrogen) atoms. The van der Waals surface area contributed by atoms with E-state index in [1.165, 1.54) is 50.2 Å². The van der Waals surface area contributed by atoms with Crippen LogP contribution in [0.15, 0.2) is 20.8 Å². The van der Waals surface area contributed by atoms with Crippen LogP contribution in [0.3, 0.4) is 0 Å². The van der Waals surface area contributed by atoms with E-state index in [0.29, 0.717) is 10.6 Å². The molecular weight excluding hydrogens is 498 g/mol. The smallest absolute Gasteiger partial charge is 0.337 e. The van der Waals surface area contributed by atoms with E-state index in [4.69, 9.17) is 18.9 Å². The molecule has 14 nitrogen and oxygen atoms in total. The second-order valence-electron chi connectivity index (χ2n) is 8.25. The van der Waals surface area contributed by atoms with Crippen molar-refractivity contribution in [3.05, 3.63) is 26.9 Å². The summed E-state index contributed by atoms with van der Waals surface area (Å²) < 4.78 is 23.9. The molecule has 2 aromatic rings. The minimum absolute atomic E-state index is 0.0987. The summed E-state index contributed by atoms with van der Waals surface area (Å²) >= 11 is 1.23. The number of esters is 3. The number of ether oxygens (including phenoxy) is 4. The van der Waals surface area contributed by atoms with E-state index >= 15 is 0 Å². The molecule has 2 N–H and O–H groups in total. The molecule has 0 bridgehead atoms. The van der Waals surface area contributed by atoms with Gasteiger partial charge in [0.25, 0.3) is 0 Å². The van der Waals surface area contributed by atoms with Crippen LogP contribution in [0.25, 0.3) is 10.9 Å². The average molecular weight is 522 g/mol. The summed E-state index contributed by atoms with van der Waals surface area (Å²) in [6, 6.07) is 0. The molecule has 0 radical (unpaired) electrons. The third-order valence-electron chi connectivity index (χ3n) is 5.58. The lowest BCUT2D eigenvalue weighted by Crippen LogP contribution is -2.50. The van der Waals surface area contributed by atoms with Gasteiger partial charge in [0.2, 0.25) is 0 Å². The van der Waals surface area contributed by atoms with E-state index in [1.54, 1.807) is 6.26 Å². The Bertz CT molecular complexity index is 1420. The van der Waals surface area contributed by atoms with Crippen molar-refractivity contribution in [2.24, 2.45) is 4.99 Å². The van der Waals surface area contributed by atoms with Gasteiger partial charge in [-0.3, -0.25) is 28.5 Å². The number of rotatable bonds is 5. The summed E-state index contributed by atoms with van der Waals surface area (Å²) in [6.45, 7) is 4.79. The molecule has 15 heteroatoms. The highest BCUT2D eigenvalue weighted by molar-refractivity contribution is 8.13. The van der Waals surface area contributed by atoms with Crippen molar-refractivity contribution in [1.29, 1.82) is 0 Å². The van der Waals surface area contributed by atoms with Crippen LogP contribution in [0.1, 0.15) is 33.9 Å². The van der Waals surface area contributed by atoms with Crippen LogP contribution in [0, 0.1) is 0 Å². The number of nitrogens with zero attached hydrogens (tertiary/aromatic N) is 3. The first-order chi connectivity index (χ1) is 16.9. The van der Waals surface area contributed by atoms with Gasteiger partial charge in [0.1, 0.15) is 18.5 Å². The fourth-order valence-electron chi connectivity index (χ4n) is 4.27. The number of aromatic nitrogens is 3. The van der Waals surface area contributed by atoms with Gasteiger partial charge < -0.3 is 29.2 Å². The molecule has 2 aliphatic rings. The Hall–Kier alpha value is -3.72. The number of aromatic amines is 1. The molecule has 0 amide bonds. The first kappa shape index (κ1) is 25.4. The molecule has 4 atom stereocenters. The molecule has 2 aliphatic heterocycles. The topological polar surface area (TPSA) is 180 Å². The second-order valence-corrected chi connectivity index (χ2v) is 9.05. The Morgan fingerprint density at radius 2 is 1.92 bits per heavy atom. The fourth-order valence-corrected chi connectivity index (χ4v) is 4.65. The number of carbonyl (C=O) groups is 3. The fraction of sp³-hybridized carbons (Fsp3) is 0.476. The third kappa shape index (κ3) is 4.46. The van der Waals surface area contributed by atoms with Crippen LogP contribution < -0.4 is 16.4 Å². The maximum absolute atomic E-state index is 12.2. The van der Waals surface area contributed by atoms with Gasteiger partial charge in [-0.05, 0) is 13.2 Å². The molecule has 0 spiro atoms. The molecule has 0 saturated carbocycles. The minimum Gasteiger partial charge on any atom is -0.463 e. The molecule has 0 aromatic carbocycles. The van der Waals surface area contributed by atoms with Gasteiger partial charge in [0, 0.05) is 27.0 Å². The van der Waals surface area contributed by atoms with E-state index in [1.807, 2.05) is 0 Å². The number of aliphatic imine (C=N–C) groups is 1. The lowest BCUT2D eigenvalue weighted by molar-refractivity contribution is -0.184. The van der Waals surface area contributed by atoms with E-state index in [0.717, 1.165) is 0 Å². The van der Waals surface area contributed by atoms with Crippen LogP contribution >= 0.6 is 11.8 Å². The van der Waals surface area contributed by atoms with Crippen molar-refractivity contribution >= 4 is 57.4 Å². The SMILES string of the molecule is CSC1=Nc2c3c(nc(=O)c(=O)[nH]c3cn2C2O[C@H](COC(C)=O)[C@@H](OC(C)=O)[C@@]2(C)OC(C)=O)N1. The summed E-state index contributed by atoms with van der Waals surface area (Å²) in [5.74, 6) is -1.61. The van der Waals surface area contributed by atoms with E-state index in [-0.39, 0.29) is 23.8 Å². The van der Waals surface area contributed by atoms with Crippen molar-refractivity contribution in [3.63, 3.8) is 0 Å². The molecule has 1 unspecified atom stereocenters. The molecule has 1 saturated heterocycles. The van der Waals surface area contributed by atoms with Gasteiger partial charge in [-0.25, -0.2) is 4.99 Å². The van der Waals surface area contributed by atoms with Crippen LogP contribution in [0.2, 0.25) is 0 Å². The van der Waals surface area contributed by atoms with Crippen molar-refractivity contribution < 1.29 is 33.3 Å². The molecule has 2 aromatic heterocycles. The summed E-state index contributed by atoms with van der Waals surface area (Å²) in [5.41, 5.74) is -3.36. The van der Waals surface area contributed by atoms with Gasteiger partial charge in [-0.2, -0.15) is 4.98 Å². The van der Waals surface area contributed by atoms with Gasteiger partial charge in [0.15, 0.2) is 28.9 Å². The number of thioether (sulfide) groups is 1. The van der Waals surface area contributed by atoms with Crippen LogP contribution in [0.5, 0.6) is 0 Å². The molecule has 4 rings (SSSR count). The summed E-state index contributed by atoms with van der Waals surface area (Å²) in [7, 11) is 0. The lowest BCUT2D eigenvalue weighted by Gasteiger charge is -2.34. The van der Waals surface area contributed by atoms with Gasteiger partial charge in [-0.15, -0.1) is 0 Å². The zero-order valence-corrected chi connectivity index (χ0v) is 20.8. The minimum atomic E-state index is -1.62. The zero-order chi connectivity index (χ0) is 26.4. The summed E-state index contributed by atoms with van der Waals surface area (Å²) in [6.07, 6.45) is -0.151. The maximum atomic E-state index is 12.2. The zero-order valence-electron chi connectivity index (χ0n) is 19.9. The number of hydrogen-bond acceptors (Lipinski definition) is 13. The van der Waals surface area contributed by atoms with Crippen molar-refractivity contribution in [2.75, 3.05) is 18.2 Å². The Kier molecular flexibility index (Phi) is 6.62. The second kappa shape index (κ2) is 9.39. The molecule has 1 fully saturated rings. The van der Waals surface area contributed by atoms with Crippen molar-refractivity contribution in [2.45, 2.75) is 51.7 Å². The number of hydrogen-bond donors (Lipinski definition) is 2. The Morgan fingerprint density at radius 1 is 1.19 bits per heavy atom. The lowest BCUT2D eigenvalue weighted by atomic mass is 9.95. The number of carbonyl (C=O) groups excluding carboxylic acids is 3. The van der Waals surface area contributed by atoms with Crippen LogP contribution in [-0.2, 0) is 33.3 Å². The molecule has 192 valence electrons. The average Bonchev–Trinajstić information content (AvgIpc) is 3.22. The summed E-state index contributed by atoms with van der Waals surface area (Å²) in [4.78, 5) is 70.8. The Morgan fingerprint density at radius 3 is 2.53 bits per heavy atom. The predicted molar refractivity (Wildman–Crippen MR) is 127 cm³/mol. The number of H-pyrrole nitrogens is 1. The van der Waals surface area contributed by atoms with E-state index in [9.17, 15) is 24.0 Å². The highest BCUT2D eigenvalue weighted by Gasteiger charge is 2.60. The quantitative estimate of drug-likeness (QED) is 0.318. The van der Waals surface area contributed by atoms with E-state index in [2.05, 4.69) is 20.3 Å². The molecule has 4 heterocycles. The van der Waals surface area contributed by atoms with Crippen LogP contribution in [-0.4, -0.2) is 68.3 Å². The van der Waals surface area contributed by atoms with Gasteiger partial charge in [-0.1, -0.05) is 11.8 Å². The number of amidine groups is 1. The predicted octanol–water partition coefficient (Wildman–Crippen LogP) is 0.575. The van der Waals surface area contributed by atoms with Crippen molar-refractivity contribution in [3.8, 4) is 0 Å². The third-order valence-corrected chi connectivity index (χ3v) is 6.16. The number of nitrogens with one attached hydrogen (secondary N) is 2. The monoisotopic (exact) mass is 521 g/mol. The van der Waals surface area contributed by atoms with E-state index < -0.39 is 53.1 Å². The van der Waals surface area contributed by atoms with Gasteiger partial charge >= 0.3 is 29.0 Å². The largest absolute Gasteiger partial charge is 0.463 e. The summed E-state index contributed by atoms with van der Waals surface area (Å²) in [5, 5.41) is 3.59. The normalized spacial score (nSPS) is 24.6.